The van der Waals surface area contributed by atoms with E-state index in [9.17, 15) is 4.79 Å². The topological polar surface area (TPSA) is 20.3 Å². The monoisotopic (exact) mass is 203 g/mol. The van der Waals surface area contributed by atoms with E-state index in [0.717, 1.165) is 6.42 Å². The number of Topliss-reactive ketones (excluding diaryl/α,β-unsaturated/α-hetero) is 1. The first-order valence-electron chi connectivity index (χ1n) is 5.58. The Labute approximate surface area is 90.9 Å². The SMILES string of the molecule is CCC(=O)CN1c2ccccc2CC1C. The lowest BCUT2D eigenvalue weighted by Gasteiger charge is -2.23. The Balaban J connectivity index is 2.22. The van der Waals surface area contributed by atoms with Crippen molar-refractivity contribution in [3.8, 4) is 0 Å². The van der Waals surface area contributed by atoms with Gasteiger partial charge in [-0.3, -0.25) is 4.79 Å². The first kappa shape index (κ1) is 10.2. The molecule has 2 rings (SSSR count). The Morgan fingerprint density at radius 2 is 2.20 bits per heavy atom. The van der Waals surface area contributed by atoms with Crippen LogP contribution in [0.5, 0.6) is 0 Å². The highest BCUT2D eigenvalue weighted by Gasteiger charge is 2.26. The number of ketones is 1. The van der Waals surface area contributed by atoms with E-state index < -0.39 is 0 Å². The number of benzene rings is 1. The number of carbonyl (C=O) groups excluding carboxylic acids is 1. The van der Waals surface area contributed by atoms with Crippen LogP contribution in [0.4, 0.5) is 5.69 Å². The number of fused-ring (bicyclic) bond motifs is 1. The summed E-state index contributed by atoms with van der Waals surface area (Å²) in [5.74, 6) is 0.318. The van der Waals surface area contributed by atoms with Gasteiger partial charge in [-0.15, -0.1) is 0 Å². The smallest absolute Gasteiger partial charge is 0.151 e. The van der Waals surface area contributed by atoms with Crippen molar-refractivity contribution < 1.29 is 4.79 Å². The van der Waals surface area contributed by atoms with Crippen molar-refractivity contribution in [3.63, 3.8) is 0 Å². The lowest BCUT2D eigenvalue weighted by atomic mass is 10.1. The number of para-hydroxylation sites is 1. The minimum absolute atomic E-state index is 0.318. The number of nitrogens with zero attached hydrogens (tertiary/aromatic N) is 1. The van der Waals surface area contributed by atoms with Crippen molar-refractivity contribution in [2.75, 3.05) is 11.4 Å². The number of hydrogen-bond donors (Lipinski definition) is 0. The molecule has 2 nitrogen and oxygen atoms in total. The van der Waals surface area contributed by atoms with Crippen LogP contribution in [0.3, 0.4) is 0 Å². The number of hydrogen-bond acceptors (Lipinski definition) is 2. The molecule has 0 aliphatic carbocycles. The van der Waals surface area contributed by atoms with Gasteiger partial charge in [-0.2, -0.15) is 0 Å². The molecule has 0 amide bonds. The fraction of sp³-hybridized carbons (Fsp3) is 0.462. The van der Waals surface area contributed by atoms with Crippen molar-refractivity contribution in [2.24, 2.45) is 0 Å². The Kier molecular flexibility index (Phi) is 2.76. The second kappa shape index (κ2) is 4.05. The maximum absolute atomic E-state index is 11.5. The molecule has 2 heteroatoms. The highest BCUT2D eigenvalue weighted by atomic mass is 16.1. The first-order chi connectivity index (χ1) is 7.22. The molecule has 1 unspecified atom stereocenters. The van der Waals surface area contributed by atoms with Crippen LogP contribution in [0.15, 0.2) is 24.3 Å². The molecule has 0 N–H and O–H groups in total. The van der Waals surface area contributed by atoms with E-state index in [1.54, 1.807) is 0 Å². The molecule has 1 aromatic rings. The van der Waals surface area contributed by atoms with E-state index in [4.69, 9.17) is 0 Å². The van der Waals surface area contributed by atoms with E-state index in [2.05, 4.69) is 30.0 Å². The predicted molar refractivity (Wildman–Crippen MR) is 62.3 cm³/mol. The second-order valence-electron chi connectivity index (χ2n) is 4.20. The summed E-state index contributed by atoms with van der Waals surface area (Å²) >= 11 is 0. The second-order valence-corrected chi connectivity index (χ2v) is 4.20. The van der Waals surface area contributed by atoms with Crippen molar-refractivity contribution in [1.82, 2.24) is 0 Å². The molecule has 1 aromatic carbocycles. The Hall–Kier alpha value is -1.31. The zero-order chi connectivity index (χ0) is 10.8. The minimum Gasteiger partial charge on any atom is -0.361 e. The van der Waals surface area contributed by atoms with Gasteiger partial charge in [0.15, 0.2) is 5.78 Å². The Morgan fingerprint density at radius 3 is 2.93 bits per heavy atom. The number of anilines is 1. The maximum Gasteiger partial charge on any atom is 0.151 e. The zero-order valence-electron chi connectivity index (χ0n) is 9.36. The highest BCUT2D eigenvalue weighted by Crippen LogP contribution is 2.31. The van der Waals surface area contributed by atoms with Crippen molar-refractivity contribution in [3.05, 3.63) is 29.8 Å². The van der Waals surface area contributed by atoms with Crippen LogP contribution in [0.1, 0.15) is 25.8 Å². The van der Waals surface area contributed by atoms with Gasteiger partial charge in [0.1, 0.15) is 0 Å². The average molecular weight is 203 g/mol. The molecule has 1 aliphatic rings. The van der Waals surface area contributed by atoms with Gasteiger partial charge in [0.2, 0.25) is 0 Å². The summed E-state index contributed by atoms with van der Waals surface area (Å²) in [6.07, 6.45) is 1.69. The molecule has 0 radical (unpaired) electrons. The van der Waals surface area contributed by atoms with Gasteiger partial charge < -0.3 is 4.90 Å². The fourth-order valence-electron chi connectivity index (χ4n) is 2.17. The van der Waals surface area contributed by atoms with Gasteiger partial charge in [0.25, 0.3) is 0 Å². The first-order valence-corrected chi connectivity index (χ1v) is 5.58. The van der Waals surface area contributed by atoms with Gasteiger partial charge in [-0.25, -0.2) is 0 Å². The molecular formula is C13H17NO. The fourth-order valence-corrected chi connectivity index (χ4v) is 2.17. The Morgan fingerprint density at radius 1 is 1.47 bits per heavy atom. The summed E-state index contributed by atoms with van der Waals surface area (Å²) in [7, 11) is 0. The molecule has 1 aliphatic heterocycles. The van der Waals surface area contributed by atoms with Crippen LogP contribution in [0.25, 0.3) is 0 Å². The van der Waals surface area contributed by atoms with Gasteiger partial charge in [-0.05, 0) is 25.0 Å². The predicted octanol–water partition coefficient (Wildman–Crippen LogP) is 2.42. The van der Waals surface area contributed by atoms with Crippen molar-refractivity contribution in [1.29, 1.82) is 0 Å². The van der Waals surface area contributed by atoms with Gasteiger partial charge in [-0.1, -0.05) is 25.1 Å². The number of rotatable bonds is 3. The summed E-state index contributed by atoms with van der Waals surface area (Å²) in [6.45, 7) is 4.67. The lowest BCUT2D eigenvalue weighted by molar-refractivity contribution is -0.117. The summed E-state index contributed by atoms with van der Waals surface area (Å²) in [5.41, 5.74) is 2.61. The van der Waals surface area contributed by atoms with Crippen LogP contribution in [-0.4, -0.2) is 18.4 Å². The molecule has 15 heavy (non-hydrogen) atoms. The van der Waals surface area contributed by atoms with Crippen LogP contribution >= 0.6 is 0 Å². The van der Waals surface area contributed by atoms with Crippen molar-refractivity contribution in [2.45, 2.75) is 32.7 Å². The van der Waals surface area contributed by atoms with Gasteiger partial charge in [0, 0.05) is 18.2 Å². The van der Waals surface area contributed by atoms with Crippen LogP contribution in [-0.2, 0) is 11.2 Å². The van der Waals surface area contributed by atoms with Crippen LogP contribution < -0.4 is 4.90 Å². The summed E-state index contributed by atoms with van der Waals surface area (Å²) < 4.78 is 0. The average Bonchev–Trinajstić information content (AvgIpc) is 2.55. The normalized spacial score (nSPS) is 19.1. The Bertz CT molecular complexity index is 373. The molecular weight excluding hydrogens is 186 g/mol. The maximum atomic E-state index is 11.5. The summed E-state index contributed by atoms with van der Waals surface area (Å²) in [6, 6.07) is 8.83. The summed E-state index contributed by atoms with van der Waals surface area (Å²) in [5, 5.41) is 0. The number of carbonyl (C=O) groups is 1. The van der Waals surface area contributed by atoms with Gasteiger partial charge >= 0.3 is 0 Å². The van der Waals surface area contributed by atoms with E-state index in [1.165, 1.54) is 11.3 Å². The van der Waals surface area contributed by atoms with E-state index in [1.807, 2.05) is 13.0 Å². The summed E-state index contributed by atoms with van der Waals surface area (Å²) in [4.78, 5) is 13.7. The van der Waals surface area contributed by atoms with Gasteiger partial charge in [0.05, 0.1) is 6.54 Å². The molecule has 80 valence electrons. The molecule has 1 heterocycles. The zero-order valence-corrected chi connectivity index (χ0v) is 9.36. The lowest BCUT2D eigenvalue weighted by Crippen LogP contribution is -2.34. The standard InChI is InChI=1S/C13H17NO/c1-3-12(15)9-14-10(2)8-11-6-4-5-7-13(11)14/h4-7,10H,3,8-9H2,1-2H3. The van der Waals surface area contributed by atoms with E-state index in [-0.39, 0.29) is 0 Å². The third-order valence-electron chi connectivity index (χ3n) is 3.09. The third-order valence-corrected chi connectivity index (χ3v) is 3.09. The molecule has 0 bridgehead atoms. The molecule has 1 atom stereocenters. The molecule has 0 spiro atoms. The highest BCUT2D eigenvalue weighted by molar-refractivity contribution is 5.84. The largest absolute Gasteiger partial charge is 0.361 e. The van der Waals surface area contributed by atoms with Crippen LogP contribution in [0, 0.1) is 0 Å². The van der Waals surface area contributed by atoms with Crippen LogP contribution in [0.2, 0.25) is 0 Å². The third kappa shape index (κ3) is 1.89. The molecule has 0 saturated carbocycles. The quantitative estimate of drug-likeness (QED) is 0.752. The van der Waals surface area contributed by atoms with E-state index >= 15 is 0 Å². The van der Waals surface area contributed by atoms with Crippen molar-refractivity contribution >= 4 is 11.5 Å². The molecule has 0 fully saturated rings. The molecule has 0 saturated heterocycles. The minimum atomic E-state index is 0.318. The molecule has 0 aromatic heterocycles. The van der Waals surface area contributed by atoms with E-state index in [0.29, 0.717) is 24.8 Å².